The van der Waals surface area contributed by atoms with E-state index in [9.17, 15) is 9.59 Å². The summed E-state index contributed by atoms with van der Waals surface area (Å²) in [5, 5.41) is 2.45. The number of amides is 2. The zero-order chi connectivity index (χ0) is 10.6. The van der Waals surface area contributed by atoms with E-state index in [1.807, 2.05) is 0 Å². The fraction of sp³-hybridized carbons (Fsp3) is 0.222. The molecule has 0 aliphatic rings. The van der Waals surface area contributed by atoms with E-state index in [-0.39, 0.29) is 5.91 Å². The average Bonchev–Trinajstić information content (AvgIpc) is 2.19. The van der Waals surface area contributed by atoms with Gasteiger partial charge in [-0.2, -0.15) is 0 Å². The van der Waals surface area contributed by atoms with E-state index in [2.05, 4.69) is 10.3 Å². The van der Waals surface area contributed by atoms with Gasteiger partial charge in [-0.15, -0.1) is 0 Å². The molecule has 0 fully saturated rings. The largest absolute Gasteiger partial charge is 0.368 e. The van der Waals surface area contributed by atoms with Crippen LogP contribution < -0.4 is 11.1 Å². The van der Waals surface area contributed by atoms with Gasteiger partial charge in [0.1, 0.15) is 6.04 Å². The van der Waals surface area contributed by atoms with E-state index < -0.39 is 11.9 Å². The number of carbonyl (C=O) groups excluding carboxylic acids is 2. The molecule has 1 aromatic heterocycles. The maximum absolute atomic E-state index is 11.4. The highest BCUT2D eigenvalue weighted by molar-refractivity contribution is 5.96. The molecule has 1 rings (SSSR count). The highest BCUT2D eigenvalue weighted by Crippen LogP contribution is 1.96. The van der Waals surface area contributed by atoms with Gasteiger partial charge in [0.05, 0.1) is 0 Å². The van der Waals surface area contributed by atoms with Crippen molar-refractivity contribution in [3.63, 3.8) is 0 Å². The lowest BCUT2D eigenvalue weighted by atomic mass is 10.2. The molecule has 0 aromatic carbocycles. The number of hydrogen-bond acceptors (Lipinski definition) is 3. The molecule has 0 aliphatic heterocycles. The maximum atomic E-state index is 11.4. The second-order valence-corrected chi connectivity index (χ2v) is 2.83. The van der Waals surface area contributed by atoms with Crippen LogP contribution in [0.25, 0.3) is 0 Å². The Morgan fingerprint density at radius 3 is 2.50 bits per heavy atom. The van der Waals surface area contributed by atoms with E-state index in [0.717, 1.165) is 0 Å². The number of pyridine rings is 1. The van der Waals surface area contributed by atoms with Crippen molar-refractivity contribution in [2.75, 3.05) is 0 Å². The van der Waals surface area contributed by atoms with Crippen molar-refractivity contribution in [1.82, 2.24) is 10.3 Å². The molecule has 5 nitrogen and oxygen atoms in total. The normalized spacial score (nSPS) is 11.8. The van der Waals surface area contributed by atoms with Gasteiger partial charge in [-0.05, 0) is 19.1 Å². The second kappa shape index (κ2) is 4.36. The summed E-state index contributed by atoms with van der Waals surface area (Å²) in [6, 6.07) is 2.45. The molecular formula is C9H11N3O2. The van der Waals surface area contributed by atoms with Crippen molar-refractivity contribution in [3.8, 4) is 0 Å². The van der Waals surface area contributed by atoms with Gasteiger partial charge in [0.15, 0.2) is 0 Å². The summed E-state index contributed by atoms with van der Waals surface area (Å²) < 4.78 is 0. The van der Waals surface area contributed by atoms with Gasteiger partial charge >= 0.3 is 0 Å². The van der Waals surface area contributed by atoms with E-state index in [0.29, 0.717) is 5.56 Å². The van der Waals surface area contributed by atoms with Gasteiger partial charge < -0.3 is 11.1 Å². The maximum Gasteiger partial charge on any atom is 0.252 e. The minimum absolute atomic E-state index is 0.335. The number of rotatable bonds is 3. The van der Waals surface area contributed by atoms with Crippen LogP contribution in [0.15, 0.2) is 24.5 Å². The SMILES string of the molecule is CC(NC(=O)c1ccncc1)C(N)=O. The first-order valence-electron chi connectivity index (χ1n) is 4.11. The molecule has 14 heavy (non-hydrogen) atoms. The summed E-state index contributed by atoms with van der Waals surface area (Å²) >= 11 is 0. The van der Waals surface area contributed by atoms with Gasteiger partial charge in [0.25, 0.3) is 5.91 Å². The van der Waals surface area contributed by atoms with E-state index in [4.69, 9.17) is 5.73 Å². The zero-order valence-corrected chi connectivity index (χ0v) is 7.73. The summed E-state index contributed by atoms with van der Waals surface area (Å²) in [7, 11) is 0. The molecule has 0 saturated heterocycles. The molecule has 1 heterocycles. The van der Waals surface area contributed by atoms with Crippen molar-refractivity contribution in [1.29, 1.82) is 0 Å². The van der Waals surface area contributed by atoms with Crippen LogP contribution in [0, 0.1) is 0 Å². The molecule has 74 valence electrons. The standard InChI is InChI=1S/C9H11N3O2/c1-6(8(10)13)12-9(14)7-2-4-11-5-3-7/h2-6H,1H3,(H2,10,13)(H,12,14). The summed E-state index contributed by atoms with van der Waals surface area (Å²) in [6.45, 7) is 1.53. The molecule has 1 aromatic rings. The Morgan fingerprint density at radius 2 is 2.00 bits per heavy atom. The number of primary amides is 1. The third-order valence-corrected chi connectivity index (χ3v) is 1.72. The van der Waals surface area contributed by atoms with Crippen molar-refractivity contribution >= 4 is 11.8 Å². The molecular weight excluding hydrogens is 182 g/mol. The molecule has 0 aliphatic carbocycles. The highest BCUT2D eigenvalue weighted by Gasteiger charge is 2.12. The fourth-order valence-corrected chi connectivity index (χ4v) is 0.854. The zero-order valence-electron chi connectivity index (χ0n) is 7.73. The van der Waals surface area contributed by atoms with Crippen molar-refractivity contribution in [2.45, 2.75) is 13.0 Å². The Hall–Kier alpha value is -1.91. The molecule has 5 heteroatoms. The fourth-order valence-electron chi connectivity index (χ4n) is 0.854. The molecule has 1 unspecified atom stereocenters. The second-order valence-electron chi connectivity index (χ2n) is 2.83. The lowest BCUT2D eigenvalue weighted by Gasteiger charge is -2.09. The third kappa shape index (κ3) is 2.55. The number of hydrogen-bond donors (Lipinski definition) is 2. The Bertz CT molecular complexity index is 337. The number of aromatic nitrogens is 1. The number of nitrogens with one attached hydrogen (secondary N) is 1. The Balaban J connectivity index is 2.64. The van der Waals surface area contributed by atoms with Crippen LogP contribution in [0.1, 0.15) is 17.3 Å². The van der Waals surface area contributed by atoms with Crippen LogP contribution in [-0.4, -0.2) is 22.8 Å². The first kappa shape index (κ1) is 10.2. The van der Waals surface area contributed by atoms with Crippen molar-refractivity contribution in [3.05, 3.63) is 30.1 Å². The highest BCUT2D eigenvalue weighted by atomic mass is 16.2. The molecule has 0 bridgehead atoms. The predicted octanol–water partition coefficient (Wildman–Crippen LogP) is -0.315. The summed E-state index contributed by atoms with van der Waals surface area (Å²) in [6.07, 6.45) is 3.01. The number of nitrogens with zero attached hydrogens (tertiary/aromatic N) is 1. The van der Waals surface area contributed by atoms with Crippen LogP contribution in [0.4, 0.5) is 0 Å². The molecule has 1 atom stereocenters. The van der Waals surface area contributed by atoms with Crippen molar-refractivity contribution in [2.24, 2.45) is 5.73 Å². The van der Waals surface area contributed by atoms with Crippen molar-refractivity contribution < 1.29 is 9.59 Å². The topological polar surface area (TPSA) is 85.1 Å². The van der Waals surface area contributed by atoms with Gasteiger partial charge in [0, 0.05) is 18.0 Å². The van der Waals surface area contributed by atoms with Gasteiger partial charge in [0.2, 0.25) is 5.91 Å². The van der Waals surface area contributed by atoms with Crippen LogP contribution in [0.3, 0.4) is 0 Å². The Kier molecular flexibility index (Phi) is 3.17. The number of carbonyl (C=O) groups is 2. The Labute approximate surface area is 81.3 Å². The average molecular weight is 193 g/mol. The minimum atomic E-state index is -0.671. The molecule has 0 spiro atoms. The number of nitrogens with two attached hydrogens (primary N) is 1. The van der Waals surface area contributed by atoms with Gasteiger partial charge in [-0.3, -0.25) is 14.6 Å². The lowest BCUT2D eigenvalue weighted by molar-refractivity contribution is -0.119. The first-order valence-corrected chi connectivity index (χ1v) is 4.11. The third-order valence-electron chi connectivity index (χ3n) is 1.72. The van der Waals surface area contributed by atoms with E-state index >= 15 is 0 Å². The van der Waals surface area contributed by atoms with Crippen LogP contribution in [0.2, 0.25) is 0 Å². The van der Waals surface area contributed by atoms with Crippen LogP contribution >= 0.6 is 0 Å². The molecule has 2 amide bonds. The summed E-state index contributed by atoms with van der Waals surface area (Å²) in [5.74, 6) is -0.897. The van der Waals surface area contributed by atoms with E-state index in [1.54, 1.807) is 12.1 Å². The molecule has 0 radical (unpaired) electrons. The van der Waals surface area contributed by atoms with Gasteiger partial charge in [-0.25, -0.2) is 0 Å². The monoisotopic (exact) mass is 193 g/mol. The smallest absolute Gasteiger partial charge is 0.252 e. The summed E-state index contributed by atoms with van der Waals surface area (Å²) in [4.78, 5) is 25.8. The first-order chi connectivity index (χ1) is 6.61. The Morgan fingerprint density at radius 1 is 1.43 bits per heavy atom. The van der Waals surface area contributed by atoms with Crippen LogP contribution in [0.5, 0.6) is 0 Å². The molecule has 3 N–H and O–H groups in total. The quantitative estimate of drug-likeness (QED) is 0.690. The lowest BCUT2D eigenvalue weighted by Crippen LogP contribution is -2.42. The summed E-state index contributed by atoms with van der Waals surface area (Å²) in [5.41, 5.74) is 5.45. The van der Waals surface area contributed by atoms with Gasteiger partial charge in [-0.1, -0.05) is 0 Å². The molecule has 0 saturated carbocycles. The predicted molar refractivity (Wildman–Crippen MR) is 50.4 cm³/mol. The van der Waals surface area contributed by atoms with Crippen LogP contribution in [-0.2, 0) is 4.79 Å². The minimum Gasteiger partial charge on any atom is -0.368 e. The van der Waals surface area contributed by atoms with E-state index in [1.165, 1.54) is 19.3 Å².